The number of thiophene rings is 1. The van der Waals surface area contributed by atoms with Crippen LogP contribution in [0.4, 0.5) is 14.5 Å². The Bertz CT molecular complexity index is 1140. The summed E-state index contributed by atoms with van der Waals surface area (Å²) in [5.74, 6) is -2.96. The second kappa shape index (κ2) is 7.85. The maximum absolute atomic E-state index is 13.5. The van der Waals surface area contributed by atoms with Crippen LogP contribution in [0.25, 0.3) is 10.2 Å². The lowest BCUT2D eigenvalue weighted by Crippen LogP contribution is -2.37. The molecule has 28 heavy (non-hydrogen) atoms. The van der Waals surface area contributed by atoms with Crippen molar-refractivity contribution in [1.82, 2.24) is 14.9 Å². The molecule has 3 rings (SSSR count). The second-order valence-corrected chi connectivity index (χ2v) is 7.29. The average Bonchev–Trinajstić information content (AvgIpc) is 2.93. The lowest BCUT2D eigenvalue weighted by molar-refractivity contribution is -0.124. The molecule has 2 aromatic heterocycles. The van der Waals surface area contributed by atoms with E-state index in [1.54, 1.807) is 0 Å². The molecule has 0 spiro atoms. The van der Waals surface area contributed by atoms with Crippen LogP contribution in [0.2, 0.25) is 0 Å². The molecule has 0 unspecified atom stereocenters. The monoisotopic (exact) mass is 406 g/mol. The van der Waals surface area contributed by atoms with Crippen molar-refractivity contribution in [3.8, 4) is 0 Å². The Hall–Kier alpha value is -3.14. The van der Waals surface area contributed by atoms with E-state index in [4.69, 9.17) is 0 Å². The number of aromatic nitrogens is 2. The van der Waals surface area contributed by atoms with Gasteiger partial charge in [-0.25, -0.2) is 13.8 Å². The van der Waals surface area contributed by atoms with Gasteiger partial charge in [0.15, 0.2) is 0 Å². The summed E-state index contributed by atoms with van der Waals surface area (Å²) in [6.07, 6.45) is 1.29. The molecule has 1 aromatic carbocycles. The molecule has 2 N–H and O–H groups in total. The summed E-state index contributed by atoms with van der Waals surface area (Å²) in [6, 6.07) is 2.72. The van der Waals surface area contributed by atoms with Crippen molar-refractivity contribution in [2.24, 2.45) is 0 Å². The summed E-state index contributed by atoms with van der Waals surface area (Å²) >= 11 is 1.41. The molecule has 0 aliphatic heterocycles. The number of rotatable bonds is 5. The van der Waals surface area contributed by atoms with E-state index >= 15 is 0 Å². The highest BCUT2D eigenvalue weighted by atomic mass is 32.1. The van der Waals surface area contributed by atoms with Crippen LogP contribution in [0.1, 0.15) is 10.4 Å². The van der Waals surface area contributed by atoms with Crippen molar-refractivity contribution < 1.29 is 18.4 Å². The Balaban J connectivity index is 1.62. The molecule has 0 saturated carbocycles. The number of amides is 2. The van der Waals surface area contributed by atoms with E-state index in [0.717, 1.165) is 27.1 Å². The van der Waals surface area contributed by atoms with Gasteiger partial charge < -0.3 is 10.6 Å². The van der Waals surface area contributed by atoms with Gasteiger partial charge in [0.05, 0.1) is 23.9 Å². The van der Waals surface area contributed by atoms with E-state index in [2.05, 4.69) is 15.6 Å². The quantitative estimate of drug-likeness (QED) is 0.679. The molecule has 2 heterocycles. The number of benzene rings is 1. The predicted molar refractivity (Wildman–Crippen MR) is 101 cm³/mol. The Kier molecular flexibility index (Phi) is 5.50. The molecule has 7 nitrogen and oxygen atoms in total. The van der Waals surface area contributed by atoms with Crippen molar-refractivity contribution in [3.05, 3.63) is 57.0 Å². The Morgan fingerprint density at radius 1 is 1.21 bits per heavy atom. The van der Waals surface area contributed by atoms with Crippen LogP contribution in [0.3, 0.4) is 0 Å². The lowest BCUT2D eigenvalue weighted by Gasteiger charge is -2.09. The Morgan fingerprint density at radius 2 is 1.96 bits per heavy atom. The summed E-state index contributed by atoms with van der Waals surface area (Å²) in [4.78, 5) is 42.2. The van der Waals surface area contributed by atoms with Crippen LogP contribution in [0.5, 0.6) is 0 Å². The number of aryl methyl sites for hydroxylation is 2. The SMILES string of the molecule is Cc1sc2ncn(CC(=O)NCC(=O)Nc3ccc(F)cc3F)c(=O)c2c1C. The van der Waals surface area contributed by atoms with Gasteiger partial charge in [-0.05, 0) is 31.5 Å². The zero-order valence-corrected chi connectivity index (χ0v) is 15.8. The average molecular weight is 406 g/mol. The van der Waals surface area contributed by atoms with E-state index < -0.39 is 30.0 Å². The van der Waals surface area contributed by atoms with Crippen LogP contribution >= 0.6 is 11.3 Å². The minimum atomic E-state index is -0.924. The highest BCUT2D eigenvalue weighted by molar-refractivity contribution is 7.18. The van der Waals surface area contributed by atoms with Gasteiger partial charge in [0.1, 0.15) is 23.0 Å². The second-order valence-electron chi connectivity index (χ2n) is 6.09. The van der Waals surface area contributed by atoms with E-state index in [1.807, 2.05) is 13.8 Å². The van der Waals surface area contributed by atoms with E-state index in [1.165, 1.54) is 17.7 Å². The molecule has 3 aromatic rings. The minimum absolute atomic E-state index is 0.199. The van der Waals surface area contributed by atoms with E-state index in [9.17, 15) is 23.2 Å². The van der Waals surface area contributed by atoms with Gasteiger partial charge in [-0.15, -0.1) is 11.3 Å². The number of hydrogen-bond acceptors (Lipinski definition) is 5. The molecule has 0 aliphatic carbocycles. The Labute approximate surface area is 162 Å². The first kappa shape index (κ1) is 19.6. The third kappa shape index (κ3) is 4.06. The smallest absolute Gasteiger partial charge is 0.262 e. The highest BCUT2D eigenvalue weighted by Gasteiger charge is 2.14. The molecule has 0 saturated heterocycles. The van der Waals surface area contributed by atoms with Crippen molar-refractivity contribution in [1.29, 1.82) is 0 Å². The molecular formula is C18H16F2N4O3S. The normalized spacial score (nSPS) is 10.9. The largest absolute Gasteiger partial charge is 0.345 e. The highest BCUT2D eigenvalue weighted by Crippen LogP contribution is 2.25. The van der Waals surface area contributed by atoms with Crippen LogP contribution in [0, 0.1) is 25.5 Å². The van der Waals surface area contributed by atoms with E-state index in [0.29, 0.717) is 16.3 Å². The summed E-state index contributed by atoms with van der Waals surface area (Å²) in [5.41, 5.74) is 0.294. The van der Waals surface area contributed by atoms with Crippen molar-refractivity contribution >= 4 is 39.1 Å². The molecule has 0 radical (unpaired) electrons. The maximum Gasteiger partial charge on any atom is 0.262 e. The number of carbonyl (C=O) groups excluding carboxylic acids is 2. The molecule has 2 amide bonds. The zero-order valence-electron chi connectivity index (χ0n) is 15.0. The number of fused-ring (bicyclic) bond motifs is 1. The van der Waals surface area contributed by atoms with Gasteiger partial charge in [0.2, 0.25) is 11.8 Å². The molecule has 0 atom stereocenters. The predicted octanol–water partition coefficient (Wildman–Crippen LogP) is 2.11. The first-order valence-corrected chi connectivity index (χ1v) is 9.04. The van der Waals surface area contributed by atoms with Crippen LogP contribution in [0.15, 0.2) is 29.3 Å². The minimum Gasteiger partial charge on any atom is -0.345 e. The zero-order chi connectivity index (χ0) is 20.4. The fourth-order valence-electron chi connectivity index (χ4n) is 2.56. The standard InChI is InChI=1S/C18H16F2N4O3S/c1-9-10(2)28-17-16(9)18(27)24(8-22-17)7-15(26)21-6-14(25)23-13-4-3-11(19)5-12(13)20/h3-5,8H,6-7H2,1-2H3,(H,21,26)(H,23,25). The molecule has 0 aliphatic rings. The number of nitrogens with zero attached hydrogens (tertiary/aromatic N) is 2. The van der Waals surface area contributed by atoms with Gasteiger partial charge in [0, 0.05) is 10.9 Å². The van der Waals surface area contributed by atoms with Gasteiger partial charge in [-0.2, -0.15) is 0 Å². The summed E-state index contributed by atoms with van der Waals surface area (Å²) in [6.45, 7) is 2.96. The fraction of sp³-hybridized carbons (Fsp3) is 0.222. The number of halogens is 2. The van der Waals surface area contributed by atoms with Crippen LogP contribution < -0.4 is 16.2 Å². The molecule has 10 heteroatoms. The van der Waals surface area contributed by atoms with Gasteiger partial charge in [-0.3, -0.25) is 19.0 Å². The molecule has 0 bridgehead atoms. The third-order valence-corrected chi connectivity index (χ3v) is 5.24. The Morgan fingerprint density at radius 3 is 2.68 bits per heavy atom. The van der Waals surface area contributed by atoms with E-state index in [-0.39, 0.29) is 17.8 Å². The number of hydrogen-bond donors (Lipinski definition) is 2. The number of nitrogens with one attached hydrogen (secondary N) is 2. The van der Waals surface area contributed by atoms with Gasteiger partial charge in [0.25, 0.3) is 5.56 Å². The first-order valence-electron chi connectivity index (χ1n) is 8.23. The molecular weight excluding hydrogens is 390 g/mol. The van der Waals surface area contributed by atoms with Crippen LogP contribution in [-0.2, 0) is 16.1 Å². The first-order chi connectivity index (χ1) is 13.3. The lowest BCUT2D eigenvalue weighted by atomic mass is 10.2. The van der Waals surface area contributed by atoms with Gasteiger partial charge >= 0.3 is 0 Å². The topological polar surface area (TPSA) is 93.1 Å². The van der Waals surface area contributed by atoms with Crippen LogP contribution in [-0.4, -0.2) is 27.9 Å². The summed E-state index contributed by atoms with van der Waals surface area (Å²) < 4.78 is 27.5. The maximum atomic E-state index is 13.5. The molecule has 146 valence electrons. The van der Waals surface area contributed by atoms with Crippen molar-refractivity contribution in [2.75, 3.05) is 11.9 Å². The number of carbonyl (C=O) groups is 2. The third-order valence-electron chi connectivity index (χ3n) is 4.12. The number of anilines is 1. The summed E-state index contributed by atoms with van der Waals surface area (Å²) in [5, 5.41) is 5.05. The van der Waals surface area contributed by atoms with Crippen molar-refractivity contribution in [2.45, 2.75) is 20.4 Å². The van der Waals surface area contributed by atoms with Gasteiger partial charge in [-0.1, -0.05) is 0 Å². The van der Waals surface area contributed by atoms with Crippen molar-refractivity contribution in [3.63, 3.8) is 0 Å². The molecule has 0 fully saturated rings. The summed E-state index contributed by atoms with van der Waals surface area (Å²) in [7, 11) is 0. The fourth-order valence-corrected chi connectivity index (χ4v) is 3.54.